The van der Waals surface area contributed by atoms with Crippen LogP contribution in [0, 0.1) is 5.92 Å². The number of hydrogen-bond donors (Lipinski definition) is 1. The highest BCUT2D eigenvalue weighted by atomic mass is 35.5. The Labute approximate surface area is 134 Å². The zero-order valence-corrected chi connectivity index (χ0v) is 14.5. The van der Waals surface area contributed by atoms with Crippen LogP contribution >= 0.6 is 11.6 Å². The van der Waals surface area contributed by atoms with Crippen molar-refractivity contribution < 1.29 is 0 Å². The molecule has 0 aliphatic carbocycles. The third kappa shape index (κ3) is 4.86. The van der Waals surface area contributed by atoms with Gasteiger partial charge in [0.25, 0.3) is 0 Å². The summed E-state index contributed by atoms with van der Waals surface area (Å²) in [4.78, 5) is 6.95. The molecule has 1 fully saturated rings. The predicted octanol–water partition coefficient (Wildman–Crippen LogP) is 4.25. The Kier molecular flexibility index (Phi) is 5.50. The molecule has 1 aliphatic heterocycles. The minimum absolute atomic E-state index is 0.105. The second-order valence-corrected chi connectivity index (χ2v) is 7.55. The third-order valence-electron chi connectivity index (χ3n) is 3.98. The van der Waals surface area contributed by atoms with Crippen LogP contribution in [-0.4, -0.2) is 23.6 Å². The van der Waals surface area contributed by atoms with E-state index >= 15 is 0 Å². The lowest BCUT2D eigenvalue weighted by Gasteiger charge is -2.22. The van der Waals surface area contributed by atoms with Crippen molar-refractivity contribution in [1.29, 1.82) is 0 Å². The summed E-state index contributed by atoms with van der Waals surface area (Å²) in [6, 6.07) is 2.05. The molecule has 0 spiro atoms. The van der Waals surface area contributed by atoms with Gasteiger partial charge in [0.15, 0.2) is 0 Å². The Balaban J connectivity index is 1.99. The molecule has 1 unspecified atom stereocenters. The number of anilines is 1. The van der Waals surface area contributed by atoms with Crippen molar-refractivity contribution in [3.05, 3.63) is 22.8 Å². The van der Waals surface area contributed by atoms with Gasteiger partial charge in [-0.15, -0.1) is 0 Å². The van der Waals surface area contributed by atoms with Crippen molar-refractivity contribution in [3.8, 4) is 0 Å². The van der Waals surface area contributed by atoms with E-state index in [1.165, 1.54) is 19.3 Å². The maximum atomic E-state index is 6.45. The van der Waals surface area contributed by atoms with Crippen molar-refractivity contribution in [2.24, 2.45) is 5.92 Å². The van der Waals surface area contributed by atoms with E-state index in [1.54, 1.807) is 0 Å². The Hall–Kier alpha value is -0.800. The first kappa shape index (κ1) is 16.6. The molecule has 0 bridgehead atoms. The summed E-state index contributed by atoms with van der Waals surface area (Å²) in [7, 11) is 0. The number of aromatic nitrogens is 1. The summed E-state index contributed by atoms with van der Waals surface area (Å²) in [6.07, 6.45) is 5.78. The van der Waals surface area contributed by atoms with Crippen LogP contribution in [0.3, 0.4) is 0 Å². The van der Waals surface area contributed by atoms with Crippen LogP contribution in [-0.2, 0) is 6.54 Å². The topological polar surface area (TPSA) is 28.2 Å². The van der Waals surface area contributed by atoms with Gasteiger partial charge in [-0.25, -0.2) is 4.98 Å². The molecule has 0 saturated carbocycles. The standard InChI is InChI=1S/C17H28ClN3/c1-5-6-13-7-8-21(12-13)16-15(18)9-14(10-19-16)11-20-17(2,3)4/h9-10,13,20H,5-8,11-12H2,1-4H3. The summed E-state index contributed by atoms with van der Waals surface area (Å²) in [5.41, 5.74) is 1.25. The molecule has 2 heterocycles. The summed E-state index contributed by atoms with van der Waals surface area (Å²) in [6.45, 7) is 11.7. The van der Waals surface area contributed by atoms with E-state index in [4.69, 9.17) is 11.6 Å². The van der Waals surface area contributed by atoms with E-state index in [-0.39, 0.29) is 5.54 Å². The Bertz CT molecular complexity index is 468. The van der Waals surface area contributed by atoms with Crippen LogP contribution in [0.1, 0.15) is 52.5 Å². The lowest BCUT2D eigenvalue weighted by Crippen LogP contribution is -2.35. The second-order valence-electron chi connectivity index (χ2n) is 7.14. The molecule has 118 valence electrons. The quantitative estimate of drug-likeness (QED) is 0.881. The number of halogens is 1. The van der Waals surface area contributed by atoms with Gasteiger partial charge in [-0.2, -0.15) is 0 Å². The molecule has 1 saturated heterocycles. The van der Waals surface area contributed by atoms with Crippen molar-refractivity contribution in [2.45, 2.75) is 59.0 Å². The number of nitrogens with zero attached hydrogens (tertiary/aromatic N) is 2. The predicted molar refractivity (Wildman–Crippen MR) is 91.1 cm³/mol. The molecular formula is C17H28ClN3. The fraction of sp³-hybridized carbons (Fsp3) is 0.706. The Morgan fingerprint density at radius 3 is 2.81 bits per heavy atom. The lowest BCUT2D eigenvalue weighted by molar-refractivity contribution is 0.424. The van der Waals surface area contributed by atoms with Crippen LogP contribution < -0.4 is 10.2 Å². The molecule has 1 N–H and O–H groups in total. The first-order valence-corrected chi connectivity index (χ1v) is 8.41. The highest BCUT2D eigenvalue weighted by Crippen LogP contribution is 2.30. The molecule has 21 heavy (non-hydrogen) atoms. The maximum absolute atomic E-state index is 6.45. The molecule has 3 nitrogen and oxygen atoms in total. The fourth-order valence-corrected chi connectivity index (χ4v) is 3.14. The summed E-state index contributed by atoms with van der Waals surface area (Å²) >= 11 is 6.45. The van der Waals surface area contributed by atoms with Crippen molar-refractivity contribution in [2.75, 3.05) is 18.0 Å². The molecule has 2 rings (SSSR count). The maximum Gasteiger partial charge on any atom is 0.147 e. The fourth-order valence-electron chi connectivity index (χ4n) is 2.84. The van der Waals surface area contributed by atoms with Crippen LogP contribution in [0.25, 0.3) is 0 Å². The average Bonchev–Trinajstić information content (AvgIpc) is 2.84. The van der Waals surface area contributed by atoms with Crippen LogP contribution in [0.15, 0.2) is 12.3 Å². The SMILES string of the molecule is CCCC1CCN(c2ncc(CNC(C)(C)C)cc2Cl)C1. The van der Waals surface area contributed by atoms with Gasteiger partial charge in [0, 0.05) is 31.4 Å². The first-order chi connectivity index (χ1) is 9.89. The zero-order chi connectivity index (χ0) is 15.5. The van der Waals surface area contributed by atoms with Gasteiger partial charge < -0.3 is 10.2 Å². The molecule has 0 aromatic carbocycles. The van der Waals surface area contributed by atoms with Gasteiger partial charge in [0.05, 0.1) is 5.02 Å². The van der Waals surface area contributed by atoms with Crippen LogP contribution in [0.4, 0.5) is 5.82 Å². The molecule has 4 heteroatoms. The number of nitrogens with one attached hydrogen (secondary N) is 1. The molecular weight excluding hydrogens is 282 g/mol. The molecule has 1 aromatic heterocycles. The molecule has 1 aromatic rings. The van der Waals surface area contributed by atoms with E-state index in [0.717, 1.165) is 42.0 Å². The van der Waals surface area contributed by atoms with Crippen molar-refractivity contribution in [3.63, 3.8) is 0 Å². The van der Waals surface area contributed by atoms with E-state index in [2.05, 4.69) is 49.0 Å². The highest BCUT2D eigenvalue weighted by molar-refractivity contribution is 6.33. The molecule has 0 amide bonds. The first-order valence-electron chi connectivity index (χ1n) is 8.03. The van der Waals surface area contributed by atoms with Crippen molar-refractivity contribution in [1.82, 2.24) is 10.3 Å². The lowest BCUT2D eigenvalue weighted by atomic mass is 10.0. The van der Waals surface area contributed by atoms with Gasteiger partial charge >= 0.3 is 0 Å². The Morgan fingerprint density at radius 2 is 2.19 bits per heavy atom. The van der Waals surface area contributed by atoms with Crippen LogP contribution in [0.5, 0.6) is 0 Å². The zero-order valence-electron chi connectivity index (χ0n) is 13.7. The molecule has 1 aliphatic rings. The minimum Gasteiger partial charge on any atom is -0.355 e. The number of rotatable bonds is 5. The van der Waals surface area contributed by atoms with E-state index in [1.807, 2.05) is 6.20 Å². The minimum atomic E-state index is 0.105. The monoisotopic (exact) mass is 309 g/mol. The third-order valence-corrected chi connectivity index (χ3v) is 4.26. The van der Waals surface area contributed by atoms with Gasteiger partial charge in [0.2, 0.25) is 0 Å². The Morgan fingerprint density at radius 1 is 1.43 bits per heavy atom. The number of pyridine rings is 1. The summed E-state index contributed by atoms with van der Waals surface area (Å²) in [5.74, 6) is 1.75. The van der Waals surface area contributed by atoms with E-state index < -0.39 is 0 Å². The van der Waals surface area contributed by atoms with E-state index in [0.29, 0.717) is 0 Å². The van der Waals surface area contributed by atoms with Gasteiger partial charge in [-0.1, -0.05) is 24.9 Å². The van der Waals surface area contributed by atoms with E-state index in [9.17, 15) is 0 Å². The summed E-state index contributed by atoms with van der Waals surface area (Å²) in [5, 5.41) is 4.24. The summed E-state index contributed by atoms with van der Waals surface area (Å²) < 4.78 is 0. The van der Waals surface area contributed by atoms with Crippen LogP contribution in [0.2, 0.25) is 5.02 Å². The normalized spacial score (nSPS) is 19.3. The largest absolute Gasteiger partial charge is 0.355 e. The average molecular weight is 310 g/mol. The molecule has 1 atom stereocenters. The molecule has 0 radical (unpaired) electrons. The number of hydrogen-bond acceptors (Lipinski definition) is 3. The second kappa shape index (κ2) is 6.97. The highest BCUT2D eigenvalue weighted by Gasteiger charge is 2.24. The smallest absolute Gasteiger partial charge is 0.147 e. The van der Waals surface area contributed by atoms with Gasteiger partial charge in [-0.3, -0.25) is 0 Å². The van der Waals surface area contributed by atoms with Gasteiger partial charge in [-0.05, 0) is 51.2 Å². The van der Waals surface area contributed by atoms with Crippen molar-refractivity contribution >= 4 is 17.4 Å². The van der Waals surface area contributed by atoms with Gasteiger partial charge in [0.1, 0.15) is 5.82 Å².